The van der Waals surface area contributed by atoms with E-state index in [1.165, 1.54) is 0 Å². The van der Waals surface area contributed by atoms with E-state index in [2.05, 4.69) is 26.2 Å². The normalized spacial score (nSPS) is 14.7. The molecule has 2 atom stereocenters. The number of hydrogen-bond donors (Lipinski definition) is 3. The Morgan fingerprint density at radius 3 is 2.80 bits per heavy atom. The van der Waals surface area contributed by atoms with E-state index >= 15 is 0 Å². The Kier molecular flexibility index (Phi) is 4.35. The van der Waals surface area contributed by atoms with Crippen LogP contribution in [0.1, 0.15) is 30.8 Å². The van der Waals surface area contributed by atoms with Crippen LogP contribution in [0.3, 0.4) is 0 Å². The summed E-state index contributed by atoms with van der Waals surface area (Å²) in [5.41, 5.74) is 0.513. The summed E-state index contributed by atoms with van der Waals surface area (Å²) < 4.78 is 0.843. The van der Waals surface area contributed by atoms with Crippen LogP contribution >= 0.6 is 15.9 Å². The van der Waals surface area contributed by atoms with E-state index in [4.69, 9.17) is 5.11 Å². The van der Waals surface area contributed by atoms with Gasteiger partial charge in [0.1, 0.15) is 5.69 Å². The van der Waals surface area contributed by atoms with E-state index < -0.39 is 6.10 Å². The Morgan fingerprint density at radius 2 is 2.33 bits per heavy atom. The van der Waals surface area contributed by atoms with Crippen molar-refractivity contribution >= 4 is 21.8 Å². The van der Waals surface area contributed by atoms with Crippen molar-refractivity contribution in [2.75, 3.05) is 0 Å². The molecule has 15 heavy (non-hydrogen) atoms. The smallest absolute Gasteiger partial charge is 0.267 e. The van der Waals surface area contributed by atoms with E-state index in [0.29, 0.717) is 12.1 Å². The second-order valence-electron chi connectivity index (χ2n) is 3.69. The minimum absolute atomic E-state index is 0.0421. The number of aromatic amines is 1. The first-order valence-electron chi connectivity index (χ1n) is 4.82. The molecule has 84 valence electrons. The second-order valence-corrected chi connectivity index (χ2v) is 4.61. The fourth-order valence-electron chi connectivity index (χ4n) is 1.37. The summed E-state index contributed by atoms with van der Waals surface area (Å²) in [6.07, 6.45) is 1.85. The molecule has 1 rings (SSSR count). The second kappa shape index (κ2) is 5.32. The maximum Gasteiger partial charge on any atom is 0.267 e. The molecular formula is C10H15BrN2O2. The first-order chi connectivity index (χ1) is 6.99. The summed E-state index contributed by atoms with van der Waals surface area (Å²) in [6.45, 7) is 3.57. The average Bonchev–Trinajstić information content (AvgIpc) is 2.49. The van der Waals surface area contributed by atoms with E-state index in [1.807, 2.05) is 6.92 Å². The van der Waals surface area contributed by atoms with Crippen LogP contribution in [0.15, 0.2) is 16.7 Å². The van der Waals surface area contributed by atoms with Crippen LogP contribution < -0.4 is 5.32 Å². The van der Waals surface area contributed by atoms with Crippen molar-refractivity contribution in [1.29, 1.82) is 0 Å². The number of rotatable bonds is 4. The Bertz CT molecular complexity index is 336. The summed E-state index contributed by atoms with van der Waals surface area (Å²) in [7, 11) is 0. The topological polar surface area (TPSA) is 65.1 Å². The highest BCUT2D eigenvalue weighted by molar-refractivity contribution is 9.10. The van der Waals surface area contributed by atoms with E-state index in [-0.39, 0.29) is 11.9 Å². The number of aliphatic hydroxyl groups is 1. The van der Waals surface area contributed by atoms with Crippen LogP contribution in [0.4, 0.5) is 0 Å². The van der Waals surface area contributed by atoms with Crippen molar-refractivity contribution in [3.63, 3.8) is 0 Å². The highest BCUT2D eigenvalue weighted by atomic mass is 79.9. The van der Waals surface area contributed by atoms with Gasteiger partial charge in [0, 0.05) is 16.7 Å². The van der Waals surface area contributed by atoms with Crippen LogP contribution in [0.5, 0.6) is 0 Å². The lowest BCUT2D eigenvalue weighted by Crippen LogP contribution is -2.34. The lowest BCUT2D eigenvalue weighted by Gasteiger charge is -2.14. The van der Waals surface area contributed by atoms with Crippen LogP contribution in [-0.4, -0.2) is 28.1 Å². The summed E-state index contributed by atoms with van der Waals surface area (Å²) in [6, 6.07) is 1.67. The number of carbonyl (C=O) groups is 1. The maximum absolute atomic E-state index is 11.6. The molecule has 1 aromatic rings. The highest BCUT2D eigenvalue weighted by Crippen LogP contribution is 2.10. The Balaban J connectivity index is 2.49. The molecule has 0 aliphatic rings. The average molecular weight is 275 g/mol. The molecule has 2 unspecified atom stereocenters. The zero-order valence-electron chi connectivity index (χ0n) is 8.75. The molecule has 0 aliphatic carbocycles. The molecule has 0 radical (unpaired) electrons. The molecular weight excluding hydrogens is 260 g/mol. The van der Waals surface area contributed by atoms with Gasteiger partial charge in [-0.15, -0.1) is 0 Å². The van der Waals surface area contributed by atoms with Crippen molar-refractivity contribution in [2.24, 2.45) is 0 Å². The summed E-state index contributed by atoms with van der Waals surface area (Å²) in [5.74, 6) is -0.158. The molecule has 1 amide bonds. The SMILES string of the molecule is CC(O)CC(C)NC(=O)c1cc(Br)c[nH]1. The number of nitrogens with one attached hydrogen (secondary N) is 2. The van der Waals surface area contributed by atoms with Crippen LogP contribution in [-0.2, 0) is 0 Å². The molecule has 0 fully saturated rings. The third-order valence-corrected chi connectivity index (χ3v) is 2.42. The van der Waals surface area contributed by atoms with Crippen LogP contribution in [0, 0.1) is 0 Å². The number of aromatic nitrogens is 1. The predicted molar refractivity (Wildman–Crippen MR) is 61.7 cm³/mol. The third-order valence-electron chi connectivity index (χ3n) is 1.96. The van der Waals surface area contributed by atoms with E-state index in [0.717, 1.165) is 4.47 Å². The first-order valence-corrected chi connectivity index (χ1v) is 5.61. The standard InChI is InChI=1S/C10H15BrN2O2/c1-6(3-7(2)14)13-10(15)9-4-8(11)5-12-9/h4-7,12,14H,3H2,1-2H3,(H,13,15). The van der Waals surface area contributed by atoms with Gasteiger partial charge in [0.15, 0.2) is 0 Å². The molecule has 0 aliphatic heterocycles. The number of amides is 1. The fraction of sp³-hybridized carbons (Fsp3) is 0.500. The van der Waals surface area contributed by atoms with Crippen LogP contribution in [0.2, 0.25) is 0 Å². The van der Waals surface area contributed by atoms with Gasteiger partial charge in [-0.1, -0.05) is 0 Å². The Morgan fingerprint density at radius 1 is 1.67 bits per heavy atom. The van der Waals surface area contributed by atoms with Gasteiger partial charge < -0.3 is 15.4 Å². The molecule has 3 N–H and O–H groups in total. The van der Waals surface area contributed by atoms with Gasteiger partial charge in [-0.3, -0.25) is 4.79 Å². The molecule has 1 aromatic heterocycles. The van der Waals surface area contributed by atoms with Gasteiger partial charge in [-0.05, 0) is 42.3 Å². The summed E-state index contributed by atoms with van der Waals surface area (Å²) in [4.78, 5) is 14.4. The monoisotopic (exact) mass is 274 g/mol. The minimum Gasteiger partial charge on any atom is -0.393 e. The number of hydrogen-bond acceptors (Lipinski definition) is 2. The lowest BCUT2D eigenvalue weighted by molar-refractivity contribution is 0.0918. The van der Waals surface area contributed by atoms with E-state index in [9.17, 15) is 4.79 Å². The van der Waals surface area contributed by atoms with Gasteiger partial charge in [0.25, 0.3) is 5.91 Å². The molecule has 0 bridgehead atoms. The zero-order chi connectivity index (χ0) is 11.4. The van der Waals surface area contributed by atoms with Crippen LogP contribution in [0.25, 0.3) is 0 Å². The Labute approximate surface area is 97.2 Å². The van der Waals surface area contributed by atoms with Gasteiger partial charge in [-0.25, -0.2) is 0 Å². The quantitative estimate of drug-likeness (QED) is 0.782. The third kappa shape index (κ3) is 4.05. The predicted octanol–water partition coefficient (Wildman–Crippen LogP) is 1.67. The van der Waals surface area contributed by atoms with Crippen molar-refractivity contribution < 1.29 is 9.90 Å². The van der Waals surface area contributed by atoms with Crippen molar-refractivity contribution in [3.05, 3.63) is 22.4 Å². The van der Waals surface area contributed by atoms with Crippen molar-refractivity contribution in [1.82, 2.24) is 10.3 Å². The number of aliphatic hydroxyl groups excluding tert-OH is 1. The summed E-state index contributed by atoms with van der Waals surface area (Å²) >= 11 is 3.26. The van der Waals surface area contributed by atoms with Gasteiger partial charge in [-0.2, -0.15) is 0 Å². The molecule has 0 aromatic carbocycles. The van der Waals surface area contributed by atoms with E-state index in [1.54, 1.807) is 19.2 Å². The highest BCUT2D eigenvalue weighted by Gasteiger charge is 2.12. The summed E-state index contributed by atoms with van der Waals surface area (Å²) in [5, 5.41) is 11.9. The zero-order valence-corrected chi connectivity index (χ0v) is 10.3. The molecule has 0 saturated carbocycles. The fourth-order valence-corrected chi connectivity index (χ4v) is 1.71. The Hall–Kier alpha value is -0.810. The number of halogens is 1. The first kappa shape index (κ1) is 12.3. The maximum atomic E-state index is 11.6. The minimum atomic E-state index is -0.407. The van der Waals surface area contributed by atoms with Gasteiger partial charge in [0.2, 0.25) is 0 Å². The number of carbonyl (C=O) groups excluding carboxylic acids is 1. The van der Waals surface area contributed by atoms with Gasteiger partial charge in [0.05, 0.1) is 6.10 Å². The lowest BCUT2D eigenvalue weighted by atomic mass is 10.1. The largest absolute Gasteiger partial charge is 0.393 e. The molecule has 5 heteroatoms. The molecule has 4 nitrogen and oxygen atoms in total. The van der Waals surface area contributed by atoms with Crippen molar-refractivity contribution in [2.45, 2.75) is 32.4 Å². The molecule has 0 saturated heterocycles. The molecule has 0 spiro atoms. The van der Waals surface area contributed by atoms with Gasteiger partial charge >= 0.3 is 0 Å². The van der Waals surface area contributed by atoms with Crippen molar-refractivity contribution in [3.8, 4) is 0 Å². The molecule has 1 heterocycles. The number of H-pyrrole nitrogens is 1.